The van der Waals surface area contributed by atoms with Crippen LogP contribution in [0.2, 0.25) is 0 Å². The summed E-state index contributed by atoms with van der Waals surface area (Å²) in [5.74, 6) is -0.774. The van der Waals surface area contributed by atoms with Gasteiger partial charge >= 0.3 is 0 Å². The molecule has 0 saturated heterocycles. The first-order valence-electron chi connectivity index (χ1n) is 12.9. The fourth-order valence-corrected chi connectivity index (χ4v) is 6.17. The van der Waals surface area contributed by atoms with Crippen molar-refractivity contribution in [2.45, 2.75) is 58.5 Å². The molecule has 0 radical (unpaired) electrons. The lowest BCUT2D eigenvalue weighted by atomic mass is 10.1. The zero-order chi connectivity index (χ0) is 28.7. The maximum absolute atomic E-state index is 14.0. The molecule has 7 nitrogen and oxygen atoms in total. The van der Waals surface area contributed by atoms with Crippen molar-refractivity contribution >= 4 is 43.5 Å². The van der Waals surface area contributed by atoms with Crippen LogP contribution in [0.1, 0.15) is 42.5 Å². The van der Waals surface area contributed by atoms with E-state index in [0.29, 0.717) is 12.2 Å². The van der Waals surface area contributed by atoms with Gasteiger partial charge in [0.1, 0.15) is 12.6 Å². The summed E-state index contributed by atoms with van der Waals surface area (Å²) in [7, 11) is -4.10. The van der Waals surface area contributed by atoms with Gasteiger partial charge in [0.05, 0.1) is 10.6 Å². The van der Waals surface area contributed by atoms with E-state index in [4.69, 9.17) is 0 Å². The fraction of sp³-hybridized carbons (Fsp3) is 0.333. The Bertz CT molecular complexity index is 1420. The first-order chi connectivity index (χ1) is 18.4. The number of rotatable bonds is 11. The summed E-state index contributed by atoms with van der Waals surface area (Å²) in [4.78, 5) is 28.5. The van der Waals surface area contributed by atoms with Crippen molar-refractivity contribution in [3.8, 4) is 0 Å². The molecule has 0 aliphatic rings. The van der Waals surface area contributed by atoms with Crippen LogP contribution in [0.4, 0.5) is 5.69 Å². The Labute approximate surface area is 240 Å². The molecule has 0 heterocycles. The van der Waals surface area contributed by atoms with E-state index in [9.17, 15) is 18.0 Å². The van der Waals surface area contributed by atoms with Gasteiger partial charge in [-0.3, -0.25) is 13.9 Å². The molecule has 0 aromatic heterocycles. The van der Waals surface area contributed by atoms with E-state index in [0.717, 1.165) is 37.5 Å². The molecule has 1 N–H and O–H groups in total. The summed E-state index contributed by atoms with van der Waals surface area (Å²) >= 11 is 3.46. The quantitative estimate of drug-likeness (QED) is 0.309. The van der Waals surface area contributed by atoms with Gasteiger partial charge in [0, 0.05) is 17.6 Å². The molecule has 0 aliphatic carbocycles. The number of sulfonamides is 1. The molecule has 2 amide bonds. The van der Waals surface area contributed by atoms with Crippen molar-refractivity contribution in [3.63, 3.8) is 0 Å². The van der Waals surface area contributed by atoms with Crippen LogP contribution in [0.5, 0.6) is 0 Å². The third-order valence-corrected chi connectivity index (χ3v) is 8.73. The third-order valence-electron chi connectivity index (χ3n) is 6.47. The van der Waals surface area contributed by atoms with Gasteiger partial charge < -0.3 is 10.2 Å². The van der Waals surface area contributed by atoms with E-state index >= 15 is 0 Å². The number of nitrogens with one attached hydrogen (secondary N) is 1. The number of benzene rings is 3. The minimum absolute atomic E-state index is 0.0909. The Morgan fingerprint density at radius 1 is 0.949 bits per heavy atom. The predicted molar refractivity (Wildman–Crippen MR) is 159 cm³/mol. The van der Waals surface area contributed by atoms with E-state index in [2.05, 4.69) is 21.2 Å². The van der Waals surface area contributed by atoms with Crippen molar-refractivity contribution in [2.24, 2.45) is 0 Å². The van der Waals surface area contributed by atoms with Crippen LogP contribution < -0.4 is 9.62 Å². The molecule has 0 unspecified atom stereocenters. The van der Waals surface area contributed by atoms with E-state index < -0.39 is 28.5 Å². The van der Waals surface area contributed by atoms with Crippen LogP contribution >= 0.6 is 15.9 Å². The highest BCUT2D eigenvalue weighted by Gasteiger charge is 2.33. The maximum atomic E-state index is 14.0. The van der Waals surface area contributed by atoms with Gasteiger partial charge in [0.15, 0.2) is 0 Å². The van der Waals surface area contributed by atoms with Crippen LogP contribution in [0, 0.1) is 20.8 Å². The largest absolute Gasteiger partial charge is 0.354 e. The molecule has 0 fully saturated rings. The summed E-state index contributed by atoms with van der Waals surface area (Å²) in [5.41, 5.74) is 3.86. The molecule has 3 aromatic rings. The number of hydrogen-bond donors (Lipinski definition) is 1. The molecular weight excluding hydrogens is 578 g/mol. The monoisotopic (exact) mass is 613 g/mol. The Hall–Kier alpha value is -3.17. The molecule has 3 aromatic carbocycles. The minimum Gasteiger partial charge on any atom is -0.354 e. The van der Waals surface area contributed by atoms with Gasteiger partial charge in [-0.05, 0) is 75.6 Å². The Morgan fingerprint density at radius 2 is 1.62 bits per heavy atom. The summed E-state index contributed by atoms with van der Waals surface area (Å²) in [6.45, 7) is 9.42. The predicted octanol–water partition coefficient (Wildman–Crippen LogP) is 5.51. The Morgan fingerprint density at radius 3 is 2.23 bits per heavy atom. The summed E-state index contributed by atoms with van der Waals surface area (Å²) in [6, 6.07) is 18.7. The number of anilines is 1. The topological polar surface area (TPSA) is 86.8 Å². The molecule has 0 saturated carbocycles. The van der Waals surface area contributed by atoms with E-state index in [1.54, 1.807) is 37.3 Å². The lowest BCUT2D eigenvalue weighted by molar-refractivity contribution is -0.139. The number of hydrogen-bond acceptors (Lipinski definition) is 4. The zero-order valence-corrected chi connectivity index (χ0v) is 25.5. The molecular formula is C30H36BrN3O4S. The Balaban J connectivity index is 2.05. The smallest absolute Gasteiger partial charge is 0.264 e. The van der Waals surface area contributed by atoms with E-state index in [-0.39, 0.29) is 17.3 Å². The van der Waals surface area contributed by atoms with Crippen molar-refractivity contribution in [1.29, 1.82) is 0 Å². The molecule has 39 heavy (non-hydrogen) atoms. The molecule has 9 heteroatoms. The normalized spacial score (nSPS) is 12.1. The number of halogens is 1. The van der Waals surface area contributed by atoms with E-state index in [1.807, 2.05) is 64.1 Å². The number of aryl methyl sites for hydroxylation is 3. The number of amides is 2. The molecule has 0 bridgehead atoms. The third kappa shape index (κ3) is 7.70. The summed E-state index contributed by atoms with van der Waals surface area (Å²) < 4.78 is 29.9. The Kier molecular flexibility index (Phi) is 10.3. The molecule has 208 valence electrons. The van der Waals surface area contributed by atoms with Crippen LogP contribution in [-0.2, 0) is 26.2 Å². The minimum atomic E-state index is -4.10. The van der Waals surface area contributed by atoms with Crippen molar-refractivity contribution in [2.75, 3.05) is 17.4 Å². The fourth-order valence-electron chi connectivity index (χ4n) is 4.25. The number of carbonyl (C=O) groups is 2. The van der Waals surface area contributed by atoms with Crippen LogP contribution in [-0.4, -0.2) is 44.3 Å². The first kappa shape index (κ1) is 30.4. The van der Waals surface area contributed by atoms with Gasteiger partial charge in [-0.15, -0.1) is 0 Å². The van der Waals surface area contributed by atoms with Gasteiger partial charge in [-0.1, -0.05) is 70.4 Å². The second-order valence-electron chi connectivity index (χ2n) is 9.73. The summed E-state index contributed by atoms with van der Waals surface area (Å²) in [5, 5.41) is 2.85. The SMILES string of the molecule is CCCNC(=O)[C@H](C)N(Cc1cccc(Br)c1)C(=O)CN(c1ccc(C)cc1C)S(=O)(=O)c1ccc(C)cc1. The highest BCUT2D eigenvalue weighted by atomic mass is 79.9. The van der Waals surface area contributed by atoms with Crippen molar-refractivity contribution in [3.05, 3.63) is 93.5 Å². The second kappa shape index (κ2) is 13.3. The van der Waals surface area contributed by atoms with Gasteiger partial charge in [0.2, 0.25) is 11.8 Å². The van der Waals surface area contributed by atoms with Gasteiger partial charge in [-0.25, -0.2) is 8.42 Å². The first-order valence-corrected chi connectivity index (χ1v) is 15.2. The lowest BCUT2D eigenvalue weighted by Gasteiger charge is -2.32. The number of nitrogens with zero attached hydrogens (tertiary/aromatic N) is 2. The molecule has 1 atom stereocenters. The van der Waals surface area contributed by atoms with Crippen LogP contribution in [0.15, 0.2) is 76.1 Å². The standard InChI is InChI=1S/C30H36BrN3O4S/c1-6-16-32-30(36)24(5)33(19-25-8-7-9-26(31)18-25)29(35)20-34(28-15-12-22(3)17-23(28)4)39(37,38)27-13-10-21(2)11-14-27/h7-15,17-18,24H,6,16,19-20H2,1-5H3,(H,32,36)/t24-/m0/s1. The summed E-state index contributed by atoms with van der Waals surface area (Å²) in [6.07, 6.45) is 0.757. The van der Waals surface area contributed by atoms with Crippen molar-refractivity contribution < 1.29 is 18.0 Å². The maximum Gasteiger partial charge on any atom is 0.264 e. The van der Waals surface area contributed by atoms with Crippen molar-refractivity contribution in [1.82, 2.24) is 10.2 Å². The molecule has 3 rings (SSSR count). The molecule has 0 spiro atoms. The molecule has 0 aliphatic heterocycles. The lowest BCUT2D eigenvalue weighted by Crippen LogP contribution is -2.51. The highest BCUT2D eigenvalue weighted by molar-refractivity contribution is 9.10. The second-order valence-corrected chi connectivity index (χ2v) is 12.5. The average molecular weight is 615 g/mol. The van der Waals surface area contributed by atoms with Crippen LogP contribution in [0.3, 0.4) is 0 Å². The highest BCUT2D eigenvalue weighted by Crippen LogP contribution is 2.28. The average Bonchev–Trinajstić information content (AvgIpc) is 2.89. The van der Waals surface area contributed by atoms with Gasteiger partial charge in [0.25, 0.3) is 10.0 Å². The number of carbonyl (C=O) groups excluding carboxylic acids is 2. The van der Waals surface area contributed by atoms with Crippen LogP contribution in [0.25, 0.3) is 0 Å². The van der Waals surface area contributed by atoms with E-state index in [1.165, 1.54) is 4.90 Å². The zero-order valence-electron chi connectivity index (χ0n) is 23.1. The van der Waals surface area contributed by atoms with Gasteiger partial charge in [-0.2, -0.15) is 0 Å².